The van der Waals surface area contributed by atoms with Gasteiger partial charge < -0.3 is 29.8 Å². The fraction of sp³-hybridized carbons (Fsp3) is 0.550. The fourth-order valence-electron chi connectivity index (χ4n) is 8.07. The number of aliphatic hydroxyl groups excluding tert-OH is 1. The van der Waals surface area contributed by atoms with Gasteiger partial charge in [-0.2, -0.15) is 0 Å². The Kier molecular flexibility index (Phi) is 11.4. The number of hydrogen-bond acceptors (Lipinski definition) is 6. The lowest BCUT2D eigenvalue weighted by molar-refractivity contribution is -0.139. The van der Waals surface area contributed by atoms with Gasteiger partial charge in [0.2, 0.25) is 17.7 Å². The van der Waals surface area contributed by atoms with Gasteiger partial charge in [0.1, 0.15) is 0 Å². The van der Waals surface area contributed by atoms with Crippen LogP contribution in [-0.4, -0.2) is 71.0 Å². The molecule has 0 radical (unpaired) electrons. The quantitative estimate of drug-likeness (QED) is 0.333. The van der Waals surface area contributed by atoms with Gasteiger partial charge in [0, 0.05) is 61.8 Å². The van der Waals surface area contributed by atoms with E-state index in [1.807, 2.05) is 41.3 Å². The van der Waals surface area contributed by atoms with E-state index in [4.69, 9.17) is 0 Å². The van der Waals surface area contributed by atoms with Crippen LogP contribution in [0.25, 0.3) is 0 Å². The number of likely N-dealkylation sites (tertiary alicyclic amines) is 1. The second-order valence-electron chi connectivity index (χ2n) is 14.4. The van der Waals surface area contributed by atoms with Gasteiger partial charge in [-0.1, -0.05) is 56.9 Å². The minimum atomic E-state index is -1.92. The zero-order valence-electron chi connectivity index (χ0n) is 29.4. The van der Waals surface area contributed by atoms with Crippen molar-refractivity contribution in [3.8, 4) is 0 Å². The van der Waals surface area contributed by atoms with Crippen molar-refractivity contribution >= 4 is 40.7 Å². The van der Waals surface area contributed by atoms with E-state index in [0.29, 0.717) is 49.4 Å². The van der Waals surface area contributed by atoms with Gasteiger partial charge in [-0.3, -0.25) is 19.2 Å². The minimum absolute atomic E-state index is 0.0440. The summed E-state index contributed by atoms with van der Waals surface area (Å²) in [5.74, 6) is -1.05. The zero-order chi connectivity index (χ0) is 35.3. The molecule has 2 N–H and O–H groups in total. The monoisotopic (exact) mass is 684 g/mol. The molecule has 10 nitrogen and oxygen atoms in total. The number of hydrogen-bond donors (Lipinski definition) is 2. The number of fused-ring (bicyclic) bond motifs is 1. The Morgan fingerprint density at radius 3 is 2.12 bits per heavy atom. The first-order chi connectivity index (χ1) is 24.2. The molecule has 3 atom stereocenters. The van der Waals surface area contributed by atoms with Crippen molar-refractivity contribution in [2.45, 2.75) is 109 Å². The molecule has 0 aliphatic carbocycles. The van der Waals surface area contributed by atoms with Crippen molar-refractivity contribution in [1.29, 1.82) is 0 Å². The predicted octanol–water partition coefficient (Wildman–Crippen LogP) is 5.58. The third kappa shape index (κ3) is 7.37. The Bertz CT molecular complexity index is 1590. The first-order valence-electron chi connectivity index (χ1n) is 18.7. The average Bonchev–Trinajstić information content (AvgIpc) is 3.67. The summed E-state index contributed by atoms with van der Waals surface area (Å²) in [6, 6.07) is 13.1. The Balaban J connectivity index is 1.27. The van der Waals surface area contributed by atoms with E-state index in [-0.39, 0.29) is 43.3 Å². The lowest BCUT2D eigenvalue weighted by Crippen LogP contribution is -2.44. The molecule has 4 aliphatic rings. The van der Waals surface area contributed by atoms with Crippen LogP contribution in [0.15, 0.2) is 54.6 Å². The molecular formula is C40H52N4O6. The van der Waals surface area contributed by atoms with E-state index < -0.39 is 17.4 Å². The average molecular weight is 685 g/mol. The highest BCUT2D eigenvalue weighted by molar-refractivity contribution is 6.08. The van der Waals surface area contributed by atoms with Gasteiger partial charge in [-0.25, -0.2) is 0 Å². The van der Waals surface area contributed by atoms with Crippen LogP contribution in [0.5, 0.6) is 0 Å². The van der Waals surface area contributed by atoms with Gasteiger partial charge in [0.05, 0.1) is 24.9 Å². The maximum absolute atomic E-state index is 14.4. The number of rotatable bonds is 9. The van der Waals surface area contributed by atoms with Crippen molar-refractivity contribution in [3.05, 3.63) is 65.7 Å². The molecule has 268 valence electrons. The van der Waals surface area contributed by atoms with Crippen molar-refractivity contribution < 1.29 is 29.4 Å². The Labute approximate surface area is 295 Å². The summed E-state index contributed by atoms with van der Waals surface area (Å²) < 4.78 is 0. The molecule has 0 saturated carbocycles. The molecule has 10 heteroatoms. The SMILES string of the molecule is C[C@@H](/C=C/CC(=O)N1CCC[C@H]1CO)[C@]1(O)C(=O)N(Cc2ccc(N3CCCCCCC3=O)cc2)c2ccc(N3CCCCCCC3=O)cc21. The van der Waals surface area contributed by atoms with Crippen LogP contribution in [0.4, 0.5) is 17.1 Å². The van der Waals surface area contributed by atoms with Gasteiger partial charge in [-0.15, -0.1) is 0 Å². The Morgan fingerprint density at radius 1 is 0.840 bits per heavy atom. The van der Waals surface area contributed by atoms with E-state index in [1.165, 1.54) is 0 Å². The summed E-state index contributed by atoms with van der Waals surface area (Å²) in [5.41, 5.74) is 1.48. The van der Waals surface area contributed by atoms with Gasteiger partial charge in [0.25, 0.3) is 5.91 Å². The molecule has 4 amide bonds. The van der Waals surface area contributed by atoms with Crippen LogP contribution in [0.3, 0.4) is 0 Å². The van der Waals surface area contributed by atoms with E-state index in [1.54, 1.807) is 39.8 Å². The van der Waals surface area contributed by atoms with E-state index in [2.05, 4.69) is 0 Å². The first kappa shape index (κ1) is 35.8. The highest BCUT2D eigenvalue weighted by atomic mass is 16.3. The third-order valence-electron chi connectivity index (χ3n) is 11.1. The number of benzene rings is 2. The van der Waals surface area contributed by atoms with Crippen LogP contribution in [0.2, 0.25) is 0 Å². The molecule has 0 bridgehead atoms. The standard InChI is InChI=1S/C40H52N4O6/c1-29(12-10-16-38(48)43-25-11-13-33(43)28-45)40(50)34-26-32(42-24-9-5-3-7-15-37(42)47)21-22-35(34)44(39(40)49)27-30-17-19-31(20-18-30)41-23-8-4-2-6-14-36(41)46/h10,12,17-22,26,29,33,45,50H,2-9,11,13-16,23-25,27-28H2,1H3/b12-10+/t29-,33-,40+/m0/s1. The highest BCUT2D eigenvalue weighted by Gasteiger charge is 2.52. The molecular weight excluding hydrogens is 632 g/mol. The van der Waals surface area contributed by atoms with Crippen LogP contribution < -0.4 is 14.7 Å². The van der Waals surface area contributed by atoms with Gasteiger partial charge in [-0.05, 0) is 74.4 Å². The van der Waals surface area contributed by atoms with Crippen molar-refractivity contribution in [2.75, 3.05) is 40.9 Å². The zero-order valence-corrected chi connectivity index (χ0v) is 29.4. The van der Waals surface area contributed by atoms with E-state index >= 15 is 0 Å². The molecule has 0 spiro atoms. The molecule has 0 aromatic heterocycles. The summed E-state index contributed by atoms with van der Waals surface area (Å²) in [6.07, 6.45) is 14.1. The normalized spacial score (nSPS) is 24.3. The number of aliphatic hydroxyl groups is 2. The Hall–Kier alpha value is -4.02. The molecule has 4 heterocycles. The molecule has 3 fully saturated rings. The molecule has 2 aromatic rings. The first-order valence-corrected chi connectivity index (χ1v) is 18.7. The summed E-state index contributed by atoms with van der Waals surface area (Å²) >= 11 is 0. The van der Waals surface area contributed by atoms with Crippen molar-refractivity contribution in [1.82, 2.24) is 4.90 Å². The molecule has 2 aromatic carbocycles. The number of amides is 4. The summed E-state index contributed by atoms with van der Waals surface area (Å²) in [4.78, 5) is 60.4. The number of anilines is 3. The van der Waals surface area contributed by atoms with Crippen molar-refractivity contribution in [3.63, 3.8) is 0 Å². The largest absolute Gasteiger partial charge is 0.394 e. The van der Waals surface area contributed by atoms with Crippen LogP contribution in [-0.2, 0) is 31.3 Å². The lowest BCUT2D eigenvalue weighted by atomic mass is 9.82. The Morgan fingerprint density at radius 2 is 1.46 bits per heavy atom. The summed E-state index contributed by atoms with van der Waals surface area (Å²) in [7, 11) is 0. The molecule has 3 saturated heterocycles. The van der Waals surface area contributed by atoms with Crippen LogP contribution in [0, 0.1) is 5.92 Å². The summed E-state index contributed by atoms with van der Waals surface area (Å²) in [5, 5.41) is 22.1. The van der Waals surface area contributed by atoms with E-state index in [9.17, 15) is 29.4 Å². The topological polar surface area (TPSA) is 122 Å². The fourth-order valence-corrected chi connectivity index (χ4v) is 8.07. The number of nitrogens with zero attached hydrogens (tertiary/aromatic N) is 4. The van der Waals surface area contributed by atoms with Crippen LogP contribution >= 0.6 is 0 Å². The minimum Gasteiger partial charge on any atom is -0.394 e. The molecule has 0 unspecified atom stereocenters. The smallest absolute Gasteiger partial charge is 0.264 e. The highest BCUT2D eigenvalue weighted by Crippen LogP contribution is 2.47. The van der Waals surface area contributed by atoms with E-state index in [0.717, 1.165) is 75.5 Å². The third-order valence-corrected chi connectivity index (χ3v) is 11.1. The number of carbonyl (C=O) groups is 4. The van der Waals surface area contributed by atoms with Crippen LogP contribution in [0.1, 0.15) is 102 Å². The second kappa shape index (κ2) is 15.9. The maximum atomic E-state index is 14.4. The second-order valence-corrected chi connectivity index (χ2v) is 14.4. The predicted molar refractivity (Wildman–Crippen MR) is 194 cm³/mol. The van der Waals surface area contributed by atoms with Crippen molar-refractivity contribution in [2.24, 2.45) is 5.92 Å². The molecule has 50 heavy (non-hydrogen) atoms. The molecule has 6 rings (SSSR count). The van der Waals surface area contributed by atoms with Gasteiger partial charge in [0.15, 0.2) is 5.60 Å². The maximum Gasteiger partial charge on any atom is 0.264 e. The summed E-state index contributed by atoms with van der Waals surface area (Å²) in [6.45, 7) is 3.84. The molecule has 4 aliphatic heterocycles. The lowest BCUT2D eigenvalue weighted by Gasteiger charge is -2.29. The van der Waals surface area contributed by atoms with Gasteiger partial charge >= 0.3 is 0 Å². The number of carbonyl (C=O) groups excluding carboxylic acids is 4.